The topological polar surface area (TPSA) is 61.8 Å². The summed E-state index contributed by atoms with van der Waals surface area (Å²) in [5, 5.41) is 12.9. The van der Waals surface area contributed by atoms with Gasteiger partial charge in [-0.05, 0) is 55.0 Å². The second-order valence-electron chi connectivity index (χ2n) is 8.91. The van der Waals surface area contributed by atoms with Crippen LogP contribution in [0.4, 0.5) is 4.79 Å². The Hall–Kier alpha value is -2.37. The van der Waals surface area contributed by atoms with E-state index in [9.17, 15) is 9.90 Å². The summed E-state index contributed by atoms with van der Waals surface area (Å²) in [5.74, 6) is 0.486. The van der Waals surface area contributed by atoms with Gasteiger partial charge in [0.05, 0.1) is 5.60 Å². The van der Waals surface area contributed by atoms with Crippen molar-refractivity contribution in [2.24, 2.45) is 5.92 Å². The molecule has 4 rings (SSSR count). The van der Waals surface area contributed by atoms with Gasteiger partial charge in [0.2, 0.25) is 0 Å². The second kappa shape index (κ2) is 8.17. The van der Waals surface area contributed by atoms with E-state index in [1.807, 2.05) is 38.1 Å². The summed E-state index contributed by atoms with van der Waals surface area (Å²) in [6.07, 6.45) is 0.674. The van der Waals surface area contributed by atoms with Crippen LogP contribution >= 0.6 is 0 Å². The first-order chi connectivity index (χ1) is 13.9. The van der Waals surface area contributed by atoms with Gasteiger partial charge in [-0.1, -0.05) is 48.5 Å². The Labute approximate surface area is 172 Å². The van der Waals surface area contributed by atoms with Crippen molar-refractivity contribution in [3.63, 3.8) is 0 Å². The number of amides is 1. The van der Waals surface area contributed by atoms with Crippen LogP contribution in [0.3, 0.4) is 0 Å². The average molecular weight is 395 g/mol. The minimum Gasteiger partial charge on any atom is -0.449 e. The summed E-state index contributed by atoms with van der Waals surface area (Å²) in [7, 11) is 0. The Morgan fingerprint density at radius 2 is 1.76 bits per heavy atom. The van der Waals surface area contributed by atoms with Crippen molar-refractivity contribution in [1.29, 1.82) is 0 Å². The van der Waals surface area contributed by atoms with Crippen LogP contribution in [0.15, 0.2) is 48.5 Å². The van der Waals surface area contributed by atoms with Crippen molar-refractivity contribution in [1.82, 2.24) is 10.2 Å². The van der Waals surface area contributed by atoms with Crippen LogP contribution in [0.1, 0.15) is 37.3 Å². The molecule has 1 amide bonds. The maximum atomic E-state index is 12.3. The van der Waals surface area contributed by atoms with Gasteiger partial charge in [0, 0.05) is 25.6 Å². The molecule has 0 saturated carbocycles. The van der Waals surface area contributed by atoms with Crippen molar-refractivity contribution in [3.05, 3.63) is 59.7 Å². The SMILES string of the molecule is CC(C)(O)CN1CCC(CNC(=O)OCC2c3ccccc3-c3ccccc32)C1. The largest absolute Gasteiger partial charge is 0.449 e. The predicted octanol–water partition coefficient (Wildman–Crippen LogP) is 3.62. The highest BCUT2D eigenvalue weighted by molar-refractivity contribution is 5.79. The van der Waals surface area contributed by atoms with Crippen LogP contribution in [-0.2, 0) is 4.74 Å². The number of benzene rings is 2. The zero-order valence-corrected chi connectivity index (χ0v) is 17.2. The van der Waals surface area contributed by atoms with Gasteiger partial charge in [0.25, 0.3) is 0 Å². The second-order valence-corrected chi connectivity index (χ2v) is 8.91. The molecule has 2 aliphatic rings. The van der Waals surface area contributed by atoms with E-state index in [-0.39, 0.29) is 12.0 Å². The molecule has 2 N–H and O–H groups in total. The van der Waals surface area contributed by atoms with Crippen LogP contribution in [-0.4, -0.2) is 54.5 Å². The molecule has 5 heteroatoms. The molecular formula is C24H30N2O3. The molecule has 1 atom stereocenters. The molecule has 2 aromatic rings. The van der Waals surface area contributed by atoms with Gasteiger partial charge in [-0.3, -0.25) is 0 Å². The molecule has 0 radical (unpaired) electrons. The van der Waals surface area contributed by atoms with Gasteiger partial charge >= 0.3 is 6.09 Å². The summed E-state index contributed by atoms with van der Waals surface area (Å²) in [4.78, 5) is 14.6. The third-order valence-electron chi connectivity index (χ3n) is 5.86. The van der Waals surface area contributed by atoms with Gasteiger partial charge in [0.15, 0.2) is 0 Å². The molecule has 154 valence electrons. The molecular weight excluding hydrogens is 364 g/mol. The monoisotopic (exact) mass is 394 g/mol. The summed E-state index contributed by atoms with van der Waals surface area (Å²) < 4.78 is 5.60. The van der Waals surface area contributed by atoms with Crippen LogP contribution in [0.2, 0.25) is 0 Å². The lowest BCUT2D eigenvalue weighted by Gasteiger charge is -2.25. The molecule has 2 aromatic carbocycles. The number of fused-ring (bicyclic) bond motifs is 3. The summed E-state index contributed by atoms with van der Waals surface area (Å²) in [6.45, 7) is 7.13. The zero-order valence-electron chi connectivity index (χ0n) is 17.2. The first-order valence-corrected chi connectivity index (χ1v) is 10.4. The quantitative estimate of drug-likeness (QED) is 0.786. The van der Waals surface area contributed by atoms with Crippen molar-refractivity contribution in [2.45, 2.75) is 31.8 Å². The minimum absolute atomic E-state index is 0.0851. The fourth-order valence-electron chi connectivity index (χ4n) is 4.65. The lowest BCUT2D eigenvalue weighted by Crippen LogP contribution is -2.38. The van der Waals surface area contributed by atoms with Gasteiger partial charge in [-0.25, -0.2) is 4.79 Å². The lowest BCUT2D eigenvalue weighted by molar-refractivity contribution is 0.0427. The zero-order chi connectivity index (χ0) is 20.4. The molecule has 0 spiro atoms. The van der Waals surface area contributed by atoms with E-state index in [1.165, 1.54) is 22.3 Å². The van der Waals surface area contributed by atoms with E-state index in [2.05, 4.69) is 34.5 Å². The molecule has 1 unspecified atom stereocenters. The number of carbonyl (C=O) groups is 1. The fraction of sp³-hybridized carbons (Fsp3) is 0.458. The maximum Gasteiger partial charge on any atom is 0.407 e. The van der Waals surface area contributed by atoms with E-state index in [0.29, 0.717) is 25.6 Å². The Morgan fingerprint density at radius 3 is 2.38 bits per heavy atom. The Balaban J connectivity index is 1.29. The number of hydrogen-bond acceptors (Lipinski definition) is 4. The van der Waals surface area contributed by atoms with E-state index in [4.69, 9.17) is 4.74 Å². The Bertz CT molecular complexity index is 829. The molecule has 5 nitrogen and oxygen atoms in total. The molecule has 0 aromatic heterocycles. The van der Waals surface area contributed by atoms with Gasteiger partial charge in [-0.15, -0.1) is 0 Å². The average Bonchev–Trinajstić information content (AvgIpc) is 3.25. The van der Waals surface area contributed by atoms with Crippen molar-refractivity contribution < 1.29 is 14.6 Å². The highest BCUT2D eigenvalue weighted by Crippen LogP contribution is 2.44. The number of ether oxygens (including phenoxy) is 1. The summed E-state index contributed by atoms with van der Waals surface area (Å²) in [6, 6.07) is 16.7. The van der Waals surface area contributed by atoms with Gasteiger partial charge in [-0.2, -0.15) is 0 Å². The highest BCUT2D eigenvalue weighted by Gasteiger charge is 2.30. The standard InChI is InChI=1S/C24H30N2O3/c1-24(2,28)16-26-12-11-17(14-26)13-25-23(27)29-15-22-20-9-5-3-7-18(20)19-8-4-6-10-21(19)22/h3-10,17,22,28H,11-16H2,1-2H3,(H,25,27). The van der Waals surface area contributed by atoms with E-state index in [1.54, 1.807) is 0 Å². The first-order valence-electron chi connectivity index (χ1n) is 10.4. The van der Waals surface area contributed by atoms with Crippen LogP contribution in [0.5, 0.6) is 0 Å². The Morgan fingerprint density at radius 1 is 1.14 bits per heavy atom. The fourth-order valence-corrected chi connectivity index (χ4v) is 4.65. The van der Waals surface area contributed by atoms with Crippen LogP contribution < -0.4 is 5.32 Å². The van der Waals surface area contributed by atoms with Gasteiger partial charge < -0.3 is 20.1 Å². The van der Waals surface area contributed by atoms with E-state index >= 15 is 0 Å². The molecule has 1 fully saturated rings. The smallest absolute Gasteiger partial charge is 0.407 e. The van der Waals surface area contributed by atoms with E-state index in [0.717, 1.165) is 19.5 Å². The third kappa shape index (κ3) is 4.62. The normalized spacial score (nSPS) is 19.1. The summed E-state index contributed by atoms with van der Waals surface area (Å²) in [5.41, 5.74) is 4.22. The summed E-state index contributed by atoms with van der Waals surface area (Å²) >= 11 is 0. The number of carbonyl (C=O) groups excluding carboxylic acids is 1. The molecule has 0 bridgehead atoms. The van der Waals surface area contributed by atoms with Crippen LogP contribution in [0.25, 0.3) is 11.1 Å². The number of nitrogens with one attached hydrogen (secondary N) is 1. The number of hydrogen-bond donors (Lipinski definition) is 2. The number of aliphatic hydroxyl groups is 1. The Kier molecular flexibility index (Phi) is 5.61. The number of rotatable bonds is 6. The molecule has 1 aliphatic heterocycles. The highest BCUT2D eigenvalue weighted by atomic mass is 16.5. The number of likely N-dealkylation sites (tertiary alicyclic amines) is 1. The van der Waals surface area contributed by atoms with Crippen LogP contribution in [0, 0.1) is 5.92 Å². The number of β-amino-alcohol motifs (C(OH)–C–C–N with tert-alkyl or cyclic N) is 1. The van der Waals surface area contributed by atoms with Gasteiger partial charge in [0.1, 0.15) is 6.61 Å². The molecule has 1 heterocycles. The maximum absolute atomic E-state index is 12.3. The third-order valence-corrected chi connectivity index (χ3v) is 5.86. The molecule has 29 heavy (non-hydrogen) atoms. The van der Waals surface area contributed by atoms with Crippen molar-refractivity contribution in [3.8, 4) is 11.1 Å². The molecule has 1 saturated heterocycles. The lowest BCUT2D eigenvalue weighted by atomic mass is 9.98. The van der Waals surface area contributed by atoms with Crippen molar-refractivity contribution in [2.75, 3.05) is 32.8 Å². The van der Waals surface area contributed by atoms with Crippen molar-refractivity contribution >= 4 is 6.09 Å². The van der Waals surface area contributed by atoms with E-state index < -0.39 is 5.60 Å². The minimum atomic E-state index is -0.685. The number of alkyl carbamates (subject to hydrolysis) is 1. The molecule has 1 aliphatic carbocycles. The predicted molar refractivity (Wildman–Crippen MR) is 114 cm³/mol. The first kappa shape index (κ1) is 19.9. The number of nitrogens with zero attached hydrogens (tertiary/aromatic N) is 1.